The lowest BCUT2D eigenvalue weighted by Crippen LogP contribution is -2.30. The van der Waals surface area contributed by atoms with E-state index in [-0.39, 0.29) is 31.1 Å². The minimum absolute atomic E-state index is 0.0718. The molecule has 0 N–H and O–H groups in total. The molecule has 0 aromatic rings. The van der Waals surface area contributed by atoms with E-state index in [1.54, 1.807) is 0 Å². The van der Waals surface area contributed by atoms with Crippen molar-refractivity contribution >= 4 is 17.9 Å². The van der Waals surface area contributed by atoms with E-state index >= 15 is 0 Å². The number of carbonyl (C=O) groups excluding carboxylic acids is 3. The first kappa shape index (κ1) is 67.9. The van der Waals surface area contributed by atoms with Gasteiger partial charge < -0.3 is 14.2 Å². The fourth-order valence-corrected chi connectivity index (χ4v) is 9.48. The Morgan fingerprint density at radius 2 is 0.514 bits per heavy atom. The molecule has 0 aliphatic heterocycles. The molecule has 6 heteroatoms. The van der Waals surface area contributed by atoms with Gasteiger partial charge in [0.2, 0.25) is 0 Å². The first-order valence-corrected chi connectivity index (χ1v) is 31.3. The van der Waals surface area contributed by atoms with Crippen molar-refractivity contribution < 1.29 is 28.6 Å². The van der Waals surface area contributed by atoms with Crippen LogP contribution in [0.5, 0.6) is 0 Å². The highest BCUT2D eigenvalue weighted by Gasteiger charge is 2.19. The van der Waals surface area contributed by atoms with Crippen molar-refractivity contribution in [3.63, 3.8) is 0 Å². The Labute approximate surface area is 436 Å². The molecule has 0 spiro atoms. The fraction of sp³-hybridized carbons (Fsp3) is 0.891. The van der Waals surface area contributed by atoms with E-state index in [2.05, 4.69) is 45.1 Å². The van der Waals surface area contributed by atoms with E-state index in [0.29, 0.717) is 19.3 Å². The van der Waals surface area contributed by atoms with Crippen molar-refractivity contribution in [2.45, 2.75) is 354 Å². The second-order valence-electron chi connectivity index (χ2n) is 21.3. The van der Waals surface area contributed by atoms with Gasteiger partial charge in [-0.05, 0) is 51.4 Å². The van der Waals surface area contributed by atoms with Gasteiger partial charge in [-0.1, -0.05) is 302 Å². The molecular weight excluding hydrogens is 865 g/mol. The zero-order chi connectivity index (χ0) is 50.7. The van der Waals surface area contributed by atoms with Gasteiger partial charge in [-0.2, -0.15) is 0 Å². The summed E-state index contributed by atoms with van der Waals surface area (Å²) in [6.45, 7) is 6.65. The molecule has 0 heterocycles. The molecule has 0 aromatic carbocycles. The van der Waals surface area contributed by atoms with Crippen LogP contribution in [0.15, 0.2) is 24.3 Å². The number of esters is 3. The Bertz CT molecular complexity index is 1130. The molecule has 6 nitrogen and oxygen atoms in total. The van der Waals surface area contributed by atoms with Crippen molar-refractivity contribution in [3.05, 3.63) is 24.3 Å². The number of rotatable bonds is 58. The smallest absolute Gasteiger partial charge is 0.306 e. The summed E-state index contributed by atoms with van der Waals surface area (Å²) < 4.78 is 16.9. The molecule has 0 aliphatic carbocycles. The Morgan fingerprint density at radius 1 is 0.286 bits per heavy atom. The highest BCUT2D eigenvalue weighted by atomic mass is 16.6. The van der Waals surface area contributed by atoms with E-state index in [9.17, 15) is 14.4 Å². The summed E-state index contributed by atoms with van der Waals surface area (Å²) in [5, 5.41) is 0. The number of allylic oxidation sites excluding steroid dienone is 4. The average molecular weight is 986 g/mol. The molecule has 1 unspecified atom stereocenters. The molecule has 412 valence electrons. The van der Waals surface area contributed by atoms with Gasteiger partial charge in [-0.15, -0.1) is 0 Å². The van der Waals surface area contributed by atoms with Crippen LogP contribution in [0.1, 0.15) is 348 Å². The second kappa shape index (κ2) is 59.5. The van der Waals surface area contributed by atoms with E-state index in [4.69, 9.17) is 14.2 Å². The van der Waals surface area contributed by atoms with Crippen LogP contribution >= 0.6 is 0 Å². The third-order valence-corrected chi connectivity index (χ3v) is 14.2. The van der Waals surface area contributed by atoms with Gasteiger partial charge in [0.1, 0.15) is 13.2 Å². The maximum Gasteiger partial charge on any atom is 0.306 e. The maximum absolute atomic E-state index is 12.8. The molecule has 0 rings (SSSR count). The molecule has 0 amide bonds. The molecule has 1 atom stereocenters. The lowest BCUT2D eigenvalue weighted by atomic mass is 10.0. The first-order chi connectivity index (χ1) is 34.5. The fourth-order valence-electron chi connectivity index (χ4n) is 9.48. The summed E-state index contributed by atoms with van der Waals surface area (Å²) in [5.41, 5.74) is 0. The van der Waals surface area contributed by atoms with Gasteiger partial charge in [-0.3, -0.25) is 14.4 Å². The highest BCUT2D eigenvalue weighted by Crippen LogP contribution is 2.18. The summed E-state index contributed by atoms with van der Waals surface area (Å²) in [6, 6.07) is 0. The van der Waals surface area contributed by atoms with E-state index in [1.165, 1.54) is 231 Å². The van der Waals surface area contributed by atoms with E-state index in [1.807, 2.05) is 0 Å². The molecule has 0 bridgehead atoms. The zero-order valence-electron chi connectivity index (χ0n) is 47.3. The van der Waals surface area contributed by atoms with Crippen LogP contribution in [0.3, 0.4) is 0 Å². The monoisotopic (exact) mass is 985 g/mol. The van der Waals surface area contributed by atoms with Crippen LogP contribution in [0.25, 0.3) is 0 Å². The molecule has 0 aromatic heterocycles. The van der Waals surface area contributed by atoms with Crippen molar-refractivity contribution in [2.75, 3.05) is 13.2 Å². The van der Waals surface area contributed by atoms with Gasteiger partial charge in [-0.25, -0.2) is 0 Å². The minimum atomic E-state index is -0.773. The quantitative estimate of drug-likeness (QED) is 0.0261. The average Bonchev–Trinajstić information content (AvgIpc) is 3.36. The maximum atomic E-state index is 12.8. The summed E-state index contributed by atoms with van der Waals surface area (Å²) in [7, 11) is 0. The predicted molar refractivity (Wildman–Crippen MR) is 303 cm³/mol. The predicted octanol–water partition coefficient (Wildman–Crippen LogP) is 21.1. The van der Waals surface area contributed by atoms with Gasteiger partial charge in [0.25, 0.3) is 0 Å². The zero-order valence-corrected chi connectivity index (χ0v) is 47.3. The van der Waals surface area contributed by atoms with Gasteiger partial charge >= 0.3 is 17.9 Å². The molecule has 0 fully saturated rings. The second-order valence-corrected chi connectivity index (χ2v) is 21.3. The highest BCUT2D eigenvalue weighted by molar-refractivity contribution is 5.71. The molecule has 0 aliphatic rings. The number of hydrogen-bond acceptors (Lipinski definition) is 6. The molecule has 0 saturated heterocycles. The molecule has 0 saturated carbocycles. The van der Waals surface area contributed by atoms with Crippen LogP contribution in [-0.2, 0) is 28.6 Å². The van der Waals surface area contributed by atoms with Crippen LogP contribution in [-0.4, -0.2) is 37.2 Å². The van der Waals surface area contributed by atoms with Crippen molar-refractivity contribution in [2.24, 2.45) is 0 Å². The van der Waals surface area contributed by atoms with Crippen LogP contribution in [0.4, 0.5) is 0 Å². The molecular formula is C64H120O6. The van der Waals surface area contributed by atoms with Gasteiger partial charge in [0.15, 0.2) is 6.10 Å². The van der Waals surface area contributed by atoms with Crippen LogP contribution in [0.2, 0.25) is 0 Å². The minimum Gasteiger partial charge on any atom is -0.462 e. The van der Waals surface area contributed by atoms with Gasteiger partial charge in [0.05, 0.1) is 0 Å². The lowest BCUT2D eigenvalue weighted by Gasteiger charge is -2.18. The van der Waals surface area contributed by atoms with Crippen molar-refractivity contribution in [3.8, 4) is 0 Å². The Kier molecular flexibility index (Phi) is 57.7. The van der Waals surface area contributed by atoms with Crippen molar-refractivity contribution in [1.29, 1.82) is 0 Å². The van der Waals surface area contributed by atoms with E-state index < -0.39 is 6.10 Å². The van der Waals surface area contributed by atoms with Gasteiger partial charge in [0, 0.05) is 19.3 Å². The third kappa shape index (κ3) is 56.8. The van der Waals surface area contributed by atoms with Crippen molar-refractivity contribution in [1.82, 2.24) is 0 Å². The lowest BCUT2D eigenvalue weighted by molar-refractivity contribution is -0.167. The Hall–Kier alpha value is -2.11. The molecule has 0 radical (unpaired) electrons. The topological polar surface area (TPSA) is 78.9 Å². The summed E-state index contributed by atoms with van der Waals surface area (Å²) in [6.07, 6.45) is 70.6. The number of hydrogen-bond donors (Lipinski definition) is 0. The Morgan fingerprint density at radius 3 is 0.800 bits per heavy atom. The molecule has 70 heavy (non-hydrogen) atoms. The first-order valence-electron chi connectivity index (χ1n) is 31.3. The summed E-state index contributed by atoms with van der Waals surface area (Å²) in [5.74, 6) is -0.867. The van der Waals surface area contributed by atoms with Crippen LogP contribution < -0.4 is 0 Å². The summed E-state index contributed by atoms with van der Waals surface area (Å²) in [4.78, 5) is 38.1. The number of carbonyl (C=O) groups is 3. The number of unbranched alkanes of at least 4 members (excludes halogenated alkanes) is 43. The largest absolute Gasteiger partial charge is 0.462 e. The van der Waals surface area contributed by atoms with Crippen LogP contribution in [0, 0.1) is 0 Å². The third-order valence-electron chi connectivity index (χ3n) is 14.2. The SMILES string of the molecule is CCCCCC/C=C\C/C=C\CCCCCCCC(=O)OC(COC(=O)CCCCCCCCCCC)COC(=O)CCCCCCCCCCCCCCCCCCCCCCCCCCCCC. The number of ether oxygens (including phenoxy) is 3. The summed E-state index contributed by atoms with van der Waals surface area (Å²) >= 11 is 0. The normalized spacial score (nSPS) is 12.1. The Balaban J connectivity index is 4.11. The standard InChI is InChI=1S/C64H120O6/c1-4-7-10-13-16-19-21-23-25-27-28-29-30-31-32-33-34-35-36-37-39-40-42-45-48-51-54-57-63(66)69-60-61(59-68-62(65)56-53-50-47-44-18-15-12-9-6-3)70-64(67)58-55-52-49-46-43-41-38-26-24-22-20-17-14-11-8-5-2/h20,22,26,38,61H,4-19,21,23-25,27-37,39-60H2,1-3H3/b22-20-,38-26-. The van der Waals surface area contributed by atoms with E-state index in [0.717, 1.165) is 77.0 Å².